The molecule has 4 aromatic rings. The molecule has 4 rings (SSSR count). The summed E-state index contributed by atoms with van der Waals surface area (Å²) >= 11 is 6.31. The van der Waals surface area contributed by atoms with Crippen molar-refractivity contribution in [3.63, 3.8) is 0 Å². The maximum Gasteiger partial charge on any atom is 1.00 e. The summed E-state index contributed by atoms with van der Waals surface area (Å²) in [5, 5.41) is 38.5. The first-order valence-electron chi connectivity index (χ1n) is 9.95. The van der Waals surface area contributed by atoms with E-state index >= 15 is 0 Å². The Morgan fingerprint density at radius 3 is 2.38 bits per heavy atom. The van der Waals surface area contributed by atoms with E-state index in [-0.39, 0.29) is 103 Å². The molecule has 19 heteroatoms. The van der Waals surface area contributed by atoms with Gasteiger partial charge in [0.1, 0.15) is 15.8 Å². The van der Waals surface area contributed by atoms with Crippen LogP contribution in [0.2, 0.25) is 5.28 Å². The molecule has 0 saturated carbocycles. The fourth-order valence-electron chi connectivity index (χ4n) is 3.15. The molecular formula is C20H14ClN7Na2O7S2. The molecule has 0 saturated heterocycles. The van der Waals surface area contributed by atoms with Gasteiger partial charge < -0.3 is 25.6 Å². The first-order chi connectivity index (χ1) is 17.7. The van der Waals surface area contributed by atoms with Crippen LogP contribution in [-0.4, -0.2) is 40.1 Å². The number of hydrogen-bond donors (Lipinski definition) is 3. The van der Waals surface area contributed by atoms with Crippen LogP contribution in [0.5, 0.6) is 5.75 Å². The number of hydrogen-bond acceptors (Lipinski definition) is 15. The van der Waals surface area contributed by atoms with E-state index < -0.39 is 20.8 Å². The Kier molecular flexibility index (Phi) is 12.8. The second-order valence-corrected chi connectivity index (χ2v) is 9.44. The molecule has 192 valence electrons. The van der Waals surface area contributed by atoms with E-state index in [0.717, 1.165) is 12.1 Å². The van der Waals surface area contributed by atoms with Gasteiger partial charge in [0.2, 0.25) is 17.2 Å². The van der Waals surface area contributed by atoms with Gasteiger partial charge in [-0.3, -0.25) is 5.04 Å². The average Bonchev–Trinajstić information content (AvgIpc) is 2.86. The third-order valence-electron chi connectivity index (χ3n) is 4.66. The largest absolute Gasteiger partial charge is 1.00 e. The Morgan fingerprint density at radius 2 is 1.74 bits per heavy atom. The Labute approximate surface area is 275 Å². The number of anilines is 3. The minimum atomic E-state index is -4.95. The van der Waals surface area contributed by atoms with Gasteiger partial charge >= 0.3 is 59.1 Å². The number of nitrogens with zero attached hydrogens (tertiary/aromatic N) is 5. The fourth-order valence-corrected chi connectivity index (χ4v) is 4.34. The van der Waals surface area contributed by atoms with Crippen molar-refractivity contribution in [1.82, 2.24) is 15.0 Å². The van der Waals surface area contributed by atoms with Gasteiger partial charge in [0.15, 0.2) is 5.75 Å². The summed E-state index contributed by atoms with van der Waals surface area (Å²) < 4.78 is 40.0. The topological polar surface area (TPSA) is 206 Å². The van der Waals surface area contributed by atoms with Gasteiger partial charge in [-0.2, -0.15) is 24.4 Å². The Balaban J connectivity index is 0.00000267. The molecule has 1 aromatic heterocycles. The summed E-state index contributed by atoms with van der Waals surface area (Å²) in [4.78, 5) is 11.2. The zero-order valence-corrected chi connectivity index (χ0v) is 26.8. The molecule has 3 N–H and O–H groups in total. The number of rotatable bonds is 9. The van der Waals surface area contributed by atoms with E-state index in [1.807, 2.05) is 0 Å². The predicted octanol–water partition coefficient (Wildman–Crippen LogP) is -2.27. The number of azo groups is 1. The number of phenolic OH excluding ortho intramolecular Hbond substituents is 1. The molecule has 14 nitrogen and oxygen atoms in total. The molecule has 0 atom stereocenters. The molecule has 0 amide bonds. The fraction of sp³-hybridized carbons (Fsp3) is 0.0500. The van der Waals surface area contributed by atoms with E-state index in [1.54, 1.807) is 30.3 Å². The number of fused-ring (bicyclic) bond motifs is 1. The van der Waals surface area contributed by atoms with Crippen LogP contribution >= 0.6 is 23.6 Å². The van der Waals surface area contributed by atoms with Gasteiger partial charge in [-0.05, 0) is 47.3 Å². The summed E-state index contributed by atoms with van der Waals surface area (Å²) in [5.41, 5.74) is 0.218. The zero-order valence-electron chi connectivity index (χ0n) is 20.4. The van der Waals surface area contributed by atoms with Gasteiger partial charge in [0.05, 0.1) is 33.2 Å². The van der Waals surface area contributed by atoms with Crippen LogP contribution in [0.15, 0.2) is 68.6 Å². The van der Waals surface area contributed by atoms with Crippen molar-refractivity contribution in [3.8, 4) is 5.75 Å². The molecule has 39 heavy (non-hydrogen) atoms. The SMILES string of the molecule is CNc1nc(Cl)nc(Nc2cc(S(=O)(=O)[O-])cc3cc(SOO[O-])c(N=Nc4ccccc4)c(O)c23)n1.[Na+].[Na+]. The Morgan fingerprint density at radius 1 is 1.05 bits per heavy atom. The summed E-state index contributed by atoms with van der Waals surface area (Å²) in [6.07, 6.45) is 0. The normalized spacial score (nSPS) is 11.2. The second kappa shape index (κ2) is 14.8. The van der Waals surface area contributed by atoms with Crippen molar-refractivity contribution in [2.24, 2.45) is 10.2 Å². The summed E-state index contributed by atoms with van der Waals surface area (Å²) in [7, 11) is -3.41. The van der Waals surface area contributed by atoms with E-state index in [2.05, 4.69) is 45.2 Å². The quantitative estimate of drug-likeness (QED) is 0.0457. The van der Waals surface area contributed by atoms with E-state index in [1.165, 1.54) is 13.1 Å². The van der Waals surface area contributed by atoms with Gasteiger partial charge in [0, 0.05) is 12.4 Å². The van der Waals surface area contributed by atoms with E-state index in [9.17, 15) is 23.3 Å². The van der Waals surface area contributed by atoms with Crippen LogP contribution in [0.4, 0.5) is 29.0 Å². The van der Waals surface area contributed by atoms with Gasteiger partial charge in [-0.1, -0.05) is 18.2 Å². The Bertz CT molecular complexity index is 1600. The third-order valence-corrected chi connectivity index (χ3v) is 6.26. The van der Waals surface area contributed by atoms with Crippen LogP contribution in [0.25, 0.3) is 10.8 Å². The van der Waals surface area contributed by atoms with Gasteiger partial charge in [-0.15, -0.1) is 5.11 Å². The monoisotopic (exact) mass is 609 g/mol. The minimum absolute atomic E-state index is 0. The number of phenols is 1. The molecular weight excluding hydrogens is 596 g/mol. The molecule has 0 spiro atoms. The number of benzene rings is 3. The van der Waals surface area contributed by atoms with Crippen LogP contribution in [0.1, 0.15) is 0 Å². The van der Waals surface area contributed by atoms with Crippen LogP contribution in [0, 0.1) is 0 Å². The van der Waals surface area contributed by atoms with Crippen molar-refractivity contribution in [2.75, 3.05) is 17.7 Å². The molecule has 0 bridgehead atoms. The molecule has 0 fully saturated rings. The van der Waals surface area contributed by atoms with Crippen molar-refractivity contribution in [1.29, 1.82) is 0 Å². The zero-order chi connectivity index (χ0) is 26.6. The summed E-state index contributed by atoms with van der Waals surface area (Å²) in [5.74, 6) is -0.533. The van der Waals surface area contributed by atoms with Crippen molar-refractivity contribution >= 4 is 73.5 Å². The van der Waals surface area contributed by atoms with Crippen LogP contribution in [0.3, 0.4) is 0 Å². The first kappa shape index (κ1) is 33.6. The van der Waals surface area contributed by atoms with Crippen LogP contribution in [-0.2, 0) is 19.5 Å². The first-order valence-corrected chi connectivity index (χ1v) is 12.5. The Hall–Kier alpha value is -1.64. The molecule has 0 radical (unpaired) electrons. The molecule has 1 heterocycles. The number of nitrogens with one attached hydrogen (secondary N) is 2. The third kappa shape index (κ3) is 8.43. The number of aromatic nitrogens is 3. The van der Waals surface area contributed by atoms with Crippen LogP contribution < -0.4 is 75.0 Å². The summed E-state index contributed by atoms with van der Waals surface area (Å²) in [6, 6.07) is 11.9. The predicted molar refractivity (Wildman–Crippen MR) is 130 cm³/mol. The summed E-state index contributed by atoms with van der Waals surface area (Å²) in [6.45, 7) is 0. The van der Waals surface area contributed by atoms with Crippen molar-refractivity contribution in [2.45, 2.75) is 9.79 Å². The van der Waals surface area contributed by atoms with E-state index in [4.69, 9.17) is 11.6 Å². The molecule has 0 aliphatic carbocycles. The van der Waals surface area contributed by atoms with Gasteiger partial charge in [-0.25, -0.2) is 8.42 Å². The minimum Gasteiger partial charge on any atom is -0.744 e. The van der Waals surface area contributed by atoms with E-state index in [0.29, 0.717) is 17.7 Å². The van der Waals surface area contributed by atoms with Gasteiger partial charge in [0.25, 0.3) is 0 Å². The molecule has 0 unspecified atom stereocenters. The maximum atomic E-state index is 11.9. The van der Waals surface area contributed by atoms with Crippen molar-refractivity contribution in [3.05, 3.63) is 53.8 Å². The number of halogens is 1. The average molecular weight is 610 g/mol. The van der Waals surface area contributed by atoms with Crippen molar-refractivity contribution < 1.29 is 91.8 Å². The smallest absolute Gasteiger partial charge is 0.744 e. The molecule has 3 aromatic carbocycles. The second-order valence-electron chi connectivity index (χ2n) is 6.98. The maximum absolute atomic E-state index is 11.9. The number of aromatic hydroxyl groups is 1. The molecule has 0 aliphatic heterocycles. The molecule has 0 aliphatic rings. The standard InChI is InChI=1S/C20H16ClN7O7S2.2Na/c1-22-19-24-18(21)25-20(26-19)23-13-9-12(37(31,32)33)7-10-8-14(36-35-34-30)16(17(29)15(10)13)28-27-11-5-3-2-4-6-11;;/h2-9,29-30H,1H3,(H,31,32,33)(H2,22,23,24,25,26);;/q;2*+1/p-2.